The second-order valence-electron chi connectivity index (χ2n) is 4.50. The molecule has 0 bridgehead atoms. The number of nitrogens with zero attached hydrogens (tertiary/aromatic N) is 3. The molecule has 1 saturated carbocycles. The van der Waals surface area contributed by atoms with Crippen LogP contribution in [0.2, 0.25) is 0 Å². The summed E-state index contributed by atoms with van der Waals surface area (Å²) < 4.78 is 12.0. The molecule has 0 radical (unpaired) electrons. The van der Waals surface area contributed by atoms with Crippen molar-refractivity contribution in [2.45, 2.75) is 38.6 Å². The maximum absolute atomic E-state index is 5.23. The average Bonchev–Trinajstić information content (AvgIpc) is 2.76. The van der Waals surface area contributed by atoms with Crippen LogP contribution < -0.4 is 4.74 Å². The normalized spacial score (nSPS) is 25.6. The summed E-state index contributed by atoms with van der Waals surface area (Å²) in [4.78, 5) is 0. The Labute approximate surface area is 95.7 Å². The lowest BCUT2D eigenvalue weighted by Crippen LogP contribution is -2.17. The molecular weight excluding hydrogens is 206 g/mol. The molecule has 0 aliphatic heterocycles. The van der Waals surface area contributed by atoms with Gasteiger partial charge in [0.15, 0.2) is 6.79 Å². The van der Waals surface area contributed by atoms with Gasteiger partial charge in [-0.25, -0.2) is 4.68 Å². The van der Waals surface area contributed by atoms with Crippen molar-refractivity contribution in [3.63, 3.8) is 0 Å². The molecule has 0 spiro atoms. The molecule has 2 rings (SSSR count). The van der Waals surface area contributed by atoms with Crippen molar-refractivity contribution in [2.24, 2.45) is 5.92 Å². The number of aromatic nitrogens is 3. The molecule has 1 aromatic heterocycles. The van der Waals surface area contributed by atoms with Gasteiger partial charge < -0.3 is 9.47 Å². The highest BCUT2D eigenvalue weighted by Crippen LogP contribution is 2.31. The van der Waals surface area contributed by atoms with E-state index in [1.165, 1.54) is 25.7 Å². The van der Waals surface area contributed by atoms with Crippen LogP contribution in [0.1, 0.15) is 38.6 Å². The van der Waals surface area contributed by atoms with Crippen LogP contribution in [0.25, 0.3) is 0 Å². The Morgan fingerprint density at radius 1 is 1.38 bits per heavy atom. The van der Waals surface area contributed by atoms with Gasteiger partial charge in [0.2, 0.25) is 0 Å². The second-order valence-corrected chi connectivity index (χ2v) is 4.50. The number of hydrogen-bond acceptors (Lipinski definition) is 4. The maximum atomic E-state index is 5.23. The van der Waals surface area contributed by atoms with E-state index < -0.39 is 0 Å². The SMILES string of the molecule is COCOc1cn(C2CCC(C)CC2)nn1. The Morgan fingerprint density at radius 3 is 2.81 bits per heavy atom. The molecule has 1 heterocycles. The van der Waals surface area contributed by atoms with Crippen molar-refractivity contribution < 1.29 is 9.47 Å². The fourth-order valence-corrected chi connectivity index (χ4v) is 2.13. The van der Waals surface area contributed by atoms with Gasteiger partial charge in [-0.2, -0.15) is 0 Å². The largest absolute Gasteiger partial charge is 0.448 e. The average molecular weight is 225 g/mol. The summed E-state index contributed by atoms with van der Waals surface area (Å²) in [5, 5.41) is 8.06. The Balaban J connectivity index is 1.91. The van der Waals surface area contributed by atoms with Crippen LogP contribution in [-0.2, 0) is 4.74 Å². The van der Waals surface area contributed by atoms with Crippen LogP contribution in [0, 0.1) is 5.92 Å². The standard InChI is InChI=1S/C11H19N3O2/c1-9-3-5-10(6-4-9)14-7-11(12-13-14)16-8-15-2/h7,9-10H,3-6,8H2,1-2H3. The Morgan fingerprint density at radius 2 is 2.12 bits per heavy atom. The quantitative estimate of drug-likeness (QED) is 0.735. The van der Waals surface area contributed by atoms with Crippen LogP contribution in [-0.4, -0.2) is 28.9 Å². The third-order valence-corrected chi connectivity index (χ3v) is 3.17. The first-order valence-electron chi connectivity index (χ1n) is 5.83. The predicted octanol–water partition coefficient (Wildman–Crippen LogP) is 2.01. The predicted molar refractivity (Wildman–Crippen MR) is 59.2 cm³/mol. The molecule has 90 valence electrons. The van der Waals surface area contributed by atoms with E-state index in [1.807, 2.05) is 10.9 Å². The lowest BCUT2D eigenvalue weighted by Gasteiger charge is -2.25. The molecule has 5 nitrogen and oxygen atoms in total. The summed E-state index contributed by atoms with van der Waals surface area (Å²) in [6, 6.07) is 0.489. The minimum Gasteiger partial charge on any atom is -0.448 e. The summed E-state index contributed by atoms with van der Waals surface area (Å²) in [6.45, 7) is 2.53. The molecule has 0 amide bonds. The molecule has 1 aliphatic rings. The Bertz CT molecular complexity index is 319. The monoisotopic (exact) mass is 225 g/mol. The van der Waals surface area contributed by atoms with Crippen LogP contribution >= 0.6 is 0 Å². The van der Waals surface area contributed by atoms with E-state index in [4.69, 9.17) is 9.47 Å². The van der Waals surface area contributed by atoms with Gasteiger partial charge in [-0.3, -0.25) is 0 Å². The summed E-state index contributed by atoms with van der Waals surface area (Å²) in [6.07, 6.45) is 6.79. The zero-order valence-electron chi connectivity index (χ0n) is 9.93. The Kier molecular flexibility index (Phi) is 3.77. The highest BCUT2D eigenvalue weighted by Gasteiger charge is 2.20. The van der Waals surface area contributed by atoms with E-state index in [0.29, 0.717) is 11.9 Å². The molecule has 16 heavy (non-hydrogen) atoms. The zero-order chi connectivity index (χ0) is 11.4. The third kappa shape index (κ3) is 2.72. The first-order valence-corrected chi connectivity index (χ1v) is 5.83. The highest BCUT2D eigenvalue weighted by molar-refractivity contribution is 5.00. The first-order chi connectivity index (χ1) is 7.79. The molecule has 0 saturated heterocycles. The van der Waals surface area contributed by atoms with Gasteiger partial charge in [0, 0.05) is 7.11 Å². The fourth-order valence-electron chi connectivity index (χ4n) is 2.13. The minimum absolute atomic E-state index is 0.223. The zero-order valence-corrected chi connectivity index (χ0v) is 9.93. The van der Waals surface area contributed by atoms with Gasteiger partial charge in [0.1, 0.15) is 0 Å². The lowest BCUT2D eigenvalue weighted by atomic mass is 9.87. The number of rotatable bonds is 4. The van der Waals surface area contributed by atoms with Crippen molar-refractivity contribution in [1.82, 2.24) is 15.0 Å². The molecule has 1 fully saturated rings. The second kappa shape index (κ2) is 5.30. The van der Waals surface area contributed by atoms with Gasteiger partial charge >= 0.3 is 0 Å². The maximum Gasteiger partial charge on any atom is 0.255 e. The van der Waals surface area contributed by atoms with Gasteiger partial charge in [-0.05, 0) is 31.6 Å². The van der Waals surface area contributed by atoms with Crippen molar-refractivity contribution in [2.75, 3.05) is 13.9 Å². The van der Waals surface area contributed by atoms with Crippen molar-refractivity contribution in [3.05, 3.63) is 6.20 Å². The molecule has 1 aliphatic carbocycles. The Hall–Kier alpha value is -1.10. The number of hydrogen-bond donors (Lipinski definition) is 0. The van der Waals surface area contributed by atoms with Gasteiger partial charge in [0.05, 0.1) is 12.2 Å². The third-order valence-electron chi connectivity index (χ3n) is 3.17. The number of methoxy groups -OCH3 is 1. The highest BCUT2D eigenvalue weighted by atomic mass is 16.7. The van der Waals surface area contributed by atoms with Crippen LogP contribution in [0.4, 0.5) is 0 Å². The van der Waals surface area contributed by atoms with E-state index in [2.05, 4.69) is 17.2 Å². The van der Waals surface area contributed by atoms with Crippen molar-refractivity contribution >= 4 is 0 Å². The number of ether oxygens (including phenoxy) is 2. The van der Waals surface area contributed by atoms with Gasteiger partial charge in [-0.1, -0.05) is 17.2 Å². The van der Waals surface area contributed by atoms with Crippen molar-refractivity contribution in [1.29, 1.82) is 0 Å². The molecule has 0 aromatic carbocycles. The van der Waals surface area contributed by atoms with Crippen LogP contribution in [0.3, 0.4) is 0 Å². The summed E-state index contributed by atoms with van der Waals surface area (Å²) in [5.74, 6) is 1.39. The molecule has 0 atom stereocenters. The minimum atomic E-state index is 0.223. The lowest BCUT2D eigenvalue weighted by molar-refractivity contribution is 0.0477. The smallest absolute Gasteiger partial charge is 0.255 e. The van der Waals surface area contributed by atoms with Crippen LogP contribution in [0.5, 0.6) is 5.88 Å². The van der Waals surface area contributed by atoms with E-state index in [1.54, 1.807) is 7.11 Å². The van der Waals surface area contributed by atoms with Crippen LogP contribution in [0.15, 0.2) is 6.20 Å². The summed E-state index contributed by atoms with van der Waals surface area (Å²) in [7, 11) is 1.59. The molecular formula is C11H19N3O2. The summed E-state index contributed by atoms with van der Waals surface area (Å²) in [5.41, 5.74) is 0. The van der Waals surface area contributed by atoms with E-state index >= 15 is 0 Å². The fraction of sp³-hybridized carbons (Fsp3) is 0.818. The topological polar surface area (TPSA) is 49.2 Å². The molecule has 1 aromatic rings. The molecule has 0 N–H and O–H groups in total. The van der Waals surface area contributed by atoms with Gasteiger partial charge in [-0.15, -0.1) is 0 Å². The first kappa shape index (κ1) is 11.4. The van der Waals surface area contributed by atoms with Gasteiger partial charge in [0.25, 0.3) is 5.88 Å². The van der Waals surface area contributed by atoms with Crippen molar-refractivity contribution in [3.8, 4) is 5.88 Å². The van der Waals surface area contributed by atoms with E-state index in [9.17, 15) is 0 Å². The summed E-state index contributed by atoms with van der Waals surface area (Å²) >= 11 is 0. The van der Waals surface area contributed by atoms with E-state index in [0.717, 1.165) is 5.92 Å². The molecule has 5 heteroatoms. The molecule has 0 unspecified atom stereocenters. The van der Waals surface area contributed by atoms with E-state index in [-0.39, 0.29) is 6.79 Å².